The Morgan fingerprint density at radius 1 is 1.56 bits per heavy atom. The maximum atomic E-state index is 12.0. The number of ether oxygens (including phenoxy) is 1. The van der Waals surface area contributed by atoms with Gasteiger partial charge in [0.25, 0.3) is 0 Å². The molecule has 4 nitrogen and oxygen atoms in total. The minimum absolute atomic E-state index is 0.140. The van der Waals surface area contributed by atoms with Crippen LogP contribution in [0.25, 0.3) is 0 Å². The SMILES string of the molecule is COC(CN)CC(=O)N1CCC(C)CC1C. The molecule has 16 heavy (non-hydrogen) atoms. The van der Waals surface area contributed by atoms with Gasteiger partial charge in [0.15, 0.2) is 0 Å². The van der Waals surface area contributed by atoms with E-state index >= 15 is 0 Å². The van der Waals surface area contributed by atoms with E-state index in [4.69, 9.17) is 10.5 Å². The van der Waals surface area contributed by atoms with Gasteiger partial charge in [0.05, 0.1) is 12.5 Å². The zero-order valence-electron chi connectivity index (χ0n) is 10.6. The summed E-state index contributed by atoms with van der Waals surface area (Å²) in [5.41, 5.74) is 5.52. The molecule has 3 unspecified atom stereocenters. The molecule has 4 heteroatoms. The first-order valence-corrected chi connectivity index (χ1v) is 6.10. The third kappa shape index (κ3) is 3.46. The van der Waals surface area contributed by atoms with Crippen LogP contribution < -0.4 is 5.73 Å². The molecular weight excluding hydrogens is 204 g/mol. The number of rotatable bonds is 4. The van der Waals surface area contributed by atoms with Crippen molar-refractivity contribution in [3.63, 3.8) is 0 Å². The maximum absolute atomic E-state index is 12.0. The quantitative estimate of drug-likeness (QED) is 0.781. The predicted molar refractivity (Wildman–Crippen MR) is 64.0 cm³/mol. The molecule has 1 rings (SSSR count). The molecule has 1 fully saturated rings. The molecule has 0 aliphatic carbocycles. The second kappa shape index (κ2) is 6.21. The van der Waals surface area contributed by atoms with E-state index in [0.29, 0.717) is 19.0 Å². The number of likely N-dealkylation sites (tertiary alicyclic amines) is 1. The van der Waals surface area contributed by atoms with Gasteiger partial charge in [-0.1, -0.05) is 6.92 Å². The number of carbonyl (C=O) groups is 1. The van der Waals surface area contributed by atoms with Crippen molar-refractivity contribution < 1.29 is 9.53 Å². The third-order valence-corrected chi connectivity index (χ3v) is 3.46. The van der Waals surface area contributed by atoms with Crippen LogP contribution in [0, 0.1) is 5.92 Å². The molecule has 1 heterocycles. The van der Waals surface area contributed by atoms with Crippen molar-refractivity contribution in [1.29, 1.82) is 0 Å². The molecule has 2 N–H and O–H groups in total. The smallest absolute Gasteiger partial charge is 0.225 e. The fourth-order valence-electron chi connectivity index (χ4n) is 2.35. The number of carbonyl (C=O) groups excluding carboxylic acids is 1. The molecule has 1 amide bonds. The molecule has 0 aromatic heterocycles. The Morgan fingerprint density at radius 2 is 2.25 bits per heavy atom. The van der Waals surface area contributed by atoms with E-state index in [1.807, 2.05) is 4.90 Å². The molecule has 0 radical (unpaired) electrons. The summed E-state index contributed by atoms with van der Waals surface area (Å²) in [4.78, 5) is 14.0. The van der Waals surface area contributed by atoms with Crippen LogP contribution in [0.5, 0.6) is 0 Å². The number of amides is 1. The molecule has 94 valence electrons. The highest BCUT2D eigenvalue weighted by Gasteiger charge is 2.27. The standard InChI is InChI=1S/C12H24N2O2/c1-9-4-5-14(10(2)6-9)12(15)7-11(8-13)16-3/h9-11H,4-8,13H2,1-3H3. The van der Waals surface area contributed by atoms with Crippen molar-refractivity contribution in [3.05, 3.63) is 0 Å². The van der Waals surface area contributed by atoms with Crippen molar-refractivity contribution in [2.45, 2.75) is 45.3 Å². The zero-order chi connectivity index (χ0) is 12.1. The zero-order valence-corrected chi connectivity index (χ0v) is 10.6. The minimum atomic E-state index is -0.140. The first-order chi connectivity index (χ1) is 7.58. The van der Waals surface area contributed by atoms with Gasteiger partial charge < -0.3 is 15.4 Å². The Bertz CT molecular complexity index is 229. The lowest BCUT2D eigenvalue weighted by molar-refractivity contribution is -0.137. The molecular formula is C12H24N2O2. The van der Waals surface area contributed by atoms with Gasteiger partial charge in [0, 0.05) is 26.2 Å². The van der Waals surface area contributed by atoms with Gasteiger partial charge in [-0.3, -0.25) is 4.79 Å². The summed E-state index contributed by atoms with van der Waals surface area (Å²) in [7, 11) is 1.60. The molecule has 0 aromatic rings. The highest BCUT2D eigenvalue weighted by atomic mass is 16.5. The number of piperidine rings is 1. The van der Waals surface area contributed by atoms with Crippen molar-refractivity contribution in [2.75, 3.05) is 20.2 Å². The van der Waals surface area contributed by atoms with Crippen LogP contribution in [0.4, 0.5) is 0 Å². The van der Waals surface area contributed by atoms with E-state index in [-0.39, 0.29) is 12.0 Å². The van der Waals surface area contributed by atoms with Crippen molar-refractivity contribution >= 4 is 5.91 Å². The van der Waals surface area contributed by atoms with Gasteiger partial charge in [0.2, 0.25) is 5.91 Å². The second-order valence-electron chi connectivity index (χ2n) is 4.86. The van der Waals surface area contributed by atoms with Crippen LogP contribution in [0.2, 0.25) is 0 Å². The van der Waals surface area contributed by atoms with Gasteiger partial charge >= 0.3 is 0 Å². The number of hydrogen-bond donors (Lipinski definition) is 1. The summed E-state index contributed by atoms with van der Waals surface area (Å²) >= 11 is 0. The maximum Gasteiger partial charge on any atom is 0.225 e. The summed E-state index contributed by atoms with van der Waals surface area (Å²) in [6.45, 7) is 5.65. The van der Waals surface area contributed by atoms with E-state index in [0.717, 1.165) is 25.3 Å². The Balaban J connectivity index is 2.47. The van der Waals surface area contributed by atoms with Crippen LogP contribution in [-0.4, -0.2) is 43.2 Å². The molecule has 3 atom stereocenters. The van der Waals surface area contributed by atoms with Gasteiger partial charge in [-0.2, -0.15) is 0 Å². The Kier molecular flexibility index (Phi) is 5.22. The summed E-state index contributed by atoms with van der Waals surface area (Å²) in [5.74, 6) is 0.906. The minimum Gasteiger partial charge on any atom is -0.380 e. The second-order valence-corrected chi connectivity index (χ2v) is 4.86. The molecule has 0 aromatic carbocycles. The number of hydrogen-bond acceptors (Lipinski definition) is 3. The largest absolute Gasteiger partial charge is 0.380 e. The number of methoxy groups -OCH3 is 1. The Labute approximate surface area is 98.1 Å². The van der Waals surface area contributed by atoms with Crippen LogP contribution in [0.3, 0.4) is 0 Å². The monoisotopic (exact) mass is 228 g/mol. The van der Waals surface area contributed by atoms with E-state index in [2.05, 4.69) is 13.8 Å². The molecule has 0 spiro atoms. The van der Waals surface area contributed by atoms with E-state index in [1.165, 1.54) is 0 Å². The van der Waals surface area contributed by atoms with Crippen LogP contribution in [0.15, 0.2) is 0 Å². The first-order valence-electron chi connectivity index (χ1n) is 6.10. The fourth-order valence-corrected chi connectivity index (χ4v) is 2.35. The summed E-state index contributed by atoms with van der Waals surface area (Å²) < 4.78 is 5.14. The highest BCUT2D eigenvalue weighted by molar-refractivity contribution is 5.77. The molecule has 0 saturated carbocycles. The van der Waals surface area contributed by atoms with Gasteiger partial charge in [-0.05, 0) is 25.7 Å². The molecule has 1 aliphatic rings. The van der Waals surface area contributed by atoms with Gasteiger partial charge in [-0.25, -0.2) is 0 Å². The fraction of sp³-hybridized carbons (Fsp3) is 0.917. The average molecular weight is 228 g/mol. The third-order valence-electron chi connectivity index (χ3n) is 3.46. The molecule has 0 bridgehead atoms. The lowest BCUT2D eigenvalue weighted by Gasteiger charge is -2.37. The lowest BCUT2D eigenvalue weighted by Crippen LogP contribution is -2.45. The van der Waals surface area contributed by atoms with Crippen molar-refractivity contribution in [3.8, 4) is 0 Å². The van der Waals surface area contributed by atoms with Gasteiger partial charge in [0.1, 0.15) is 0 Å². The first kappa shape index (κ1) is 13.5. The summed E-state index contributed by atoms with van der Waals surface area (Å²) in [6.07, 6.45) is 2.48. The van der Waals surface area contributed by atoms with Crippen LogP contribution in [-0.2, 0) is 9.53 Å². The van der Waals surface area contributed by atoms with Crippen molar-refractivity contribution in [1.82, 2.24) is 4.90 Å². The normalized spacial score (nSPS) is 27.9. The Morgan fingerprint density at radius 3 is 2.75 bits per heavy atom. The van der Waals surface area contributed by atoms with E-state index in [9.17, 15) is 4.79 Å². The average Bonchev–Trinajstić information content (AvgIpc) is 2.25. The number of nitrogens with zero attached hydrogens (tertiary/aromatic N) is 1. The molecule has 1 aliphatic heterocycles. The van der Waals surface area contributed by atoms with Crippen LogP contribution >= 0.6 is 0 Å². The Hall–Kier alpha value is -0.610. The van der Waals surface area contributed by atoms with Crippen molar-refractivity contribution in [2.24, 2.45) is 11.7 Å². The van der Waals surface area contributed by atoms with E-state index < -0.39 is 0 Å². The topological polar surface area (TPSA) is 55.6 Å². The van der Waals surface area contributed by atoms with E-state index in [1.54, 1.807) is 7.11 Å². The summed E-state index contributed by atoms with van der Waals surface area (Å²) in [5, 5.41) is 0. The predicted octanol–water partition coefficient (Wildman–Crippen LogP) is 0.997. The highest BCUT2D eigenvalue weighted by Crippen LogP contribution is 2.22. The number of nitrogens with two attached hydrogens (primary N) is 1. The molecule has 1 saturated heterocycles. The van der Waals surface area contributed by atoms with Gasteiger partial charge in [-0.15, -0.1) is 0 Å². The lowest BCUT2D eigenvalue weighted by atomic mass is 9.93. The summed E-state index contributed by atoms with van der Waals surface area (Å²) in [6, 6.07) is 0.353. The van der Waals surface area contributed by atoms with Crippen LogP contribution in [0.1, 0.15) is 33.1 Å².